The second kappa shape index (κ2) is 7.20. The van der Waals surface area contributed by atoms with E-state index >= 15 is 0 Å². The van der Waals surface area contributed by atoms with Gasteiger partial charge in [0.1, 0.15) is 0 Å². The topological polar surface area (TPSA) is 74.2 Å². The van der Waals surface area contributed by atoms with E-state index in [-0.39, 0.29) is 18.1 Å². The molecule has 1 amide bonds. The van der Waals surface area contributed by atoms with Crippen LogP contribution in [0.3, 0.4) is 0 Å². The van der Waals surface area contributed by atoms with Crippen LogP contribution in [0.25, 0.3) is 0 Å². The van der Waals surface area contributed by atoms with Crippen LogP contribution in [-0.2, 0) is 9.53 Å². The van der Waals surface area contributed by atoms with Crippen molar-refractivity contribution in [2.45, 2.75) is 38.3 Å². The third kappa shape index (κ3) is 4.60. The monoisotopic (exact) mass is 225 g/mol. The molecule has 1 heterocycles. The SMILES string of the molecule is CCC(CC#N)NC(=O)CC1CNCCO1. The van der Waals surface area contributed by atoms with E-state index in [0.29, 0.717) is 19.4 Å². The average molecular weight is 225 g/mol. The molecule has 5 heteroatoms. The second-order valence-corrected chi connectivity index (χ2v) is 3.94. The number of nitriles is 1. The molecule has 5 nitrogen and oxygen atoms in total. The summed E-state index contributed by atoms with van der Waals surface area (Å²) >= 11 is 0. The van der Waals surface area contributed by atoms with E-state index in [9.17, 15) is 4.79 Å². The van der Waals surface area contributed by atoms with Crippen LogP contribution in [-0.4, -0.2) is 37.7 Å². The van der Waals surface area contributed by atoms with Gasteiger partial charge in [0.2, 0.25) is 5.91 Å². The normalized spacial score (nSPS) is 22.1. The average Bonchev–Trinajstić information content (AvgIpc) is 2.29. The van der Waals surface area contributed by atoms with Crippen LogP contribution < -0.4 is 10.6 Å². The molecular formula is C11H19N3O2. The minimum atomic E-state index is -0.0339. The summed E-state index contributed by atoms with van der Waals surface area (Å²) < 4.78 is 5.44. The van der Waals surface area contributed by atoms with Crippen molar-refractivity contribution in [3.8, 4) is 6.07 Å². The Bertz CT molecular complexity index is 256. The van der Waals surface area contributed by atoms with Crippen molar-refractivity contribution in [2.75, 3.05) is 19.7 Å². The molecular weight excluding hydrogens is 206 g/mol. The zero-order chi connectivity index (χ0) is 11.8. The highest BCUT2D eigenvalue weighted by Crippen LogP contribution is 2.03. The number of hydrogen-bond acceptors (Lipinski definition) is 4. The van der Waals surface area contributed by atoms with Crippen molar-refractivity contribution < 1.29 is 9.53 Å². The standard InChI is InChI=1S/C11H19N3O2/c1-2-9(3-4-12)14-11(15)7-10-8-13-5-6-16-10/h9-10,13H,2-3,5-8H2,1H3,(H,14,15). The van der Waals surface area contributed by atoms with Crippen molar-refractivity contribution in [3.05, 3.63) is 0 Å². The Hall–Kier alpha value is -1.12. The molecule has 1 fully saturated rings. The predicted octanol–water partition coefficient (Wildman–Crippen LogP) is 0.173. The Morgan fingerprint density at radius 1 is 1.75 bits per heavy atom. The Morgan fingerprint density at radius 3 is 3.12 bits per heavy atom. The van der Waals surface area contributed by atoms with Crippen molar-refractivity contribution in [2.24, 2.45) is 0 Å². The largest absolute Gasteiger partial charge is 0.375 e. The lowest BCUT2D eigenvalue weighted by Gasteiger charge is -2.24. The summed E-state index contributed by atoms with van der Waals surface area (Å²) in [7, 11) is 0. The van der Waals surface area contributed by atoms with Gasteiger partial charge >= 0.3 is 0 Å². The number of morpholine rings is 1. The minimum Gasteiger partial charge on any atom is -0.375 e. The van der Waals surface area contributed by atoms with Crippen LogP contribution in [0.4, 0.5) is 0 Å². The molecule has 0 aromatic carbocycles. The Balaban J connectivity index is 2.25. The van der Waals surface area contributed by atoms with E-state index in [1.54, 1.807) is 0 Å². The molecule has 0 saturated carbocycles. The summed E-state index contributed by atoms with van der Waals surface area (Å²) in [5.74, 6) is -0.0317. The number of carbonyl (C=O) groups excluding carboxylic acids is 1. The Labute approximate surface area is 96.2 Å². The fourth-order valence-electron chi connectivity index (χ4n) is 1.65. The van der Waals surface area contributed by atoms with Gasteiger partial charge in [0, 0.05) is 19.1 Å². The van der Waals surface area contributed by atoms with E-state index in [2.05, 4.69) is 16.7 Å². The fraction of sp³-hybridized carbons (Fsp3) is 0.818. The van der Waals surface area contributed by atoms with Gasteiger partial charge in [-0.05, 0) is 6.42 Å². The summed E-state index contributed by atoms with van der Waals surface area (Å²) in [6.07, 6.45) is 1.48. The molecule has 2 N–H and O–H groups in total. The zero-order valence-electron chi connectivity index (χ0n) is 9.66. The van der Waals surface area contributed by atoms with Crippen LogP contribution in [0.2, 0.25) is 0 Å². The molecule has 2 atom stereocenters. The molecule has 0 bridgehead atoms. The maximum atomic E-state index is 11.6. The summed E-state index contributed by atoms with van der Waals surface area (Å²) in [6.45, 7) is 4.20. The molecule has 2 unspecified atom stereocenters. The predicted molar refractivity (Wildman–Crippen MR) is 59.7 cm³/mol. The van der Waals surface area contributed by atoms with E-state index < -0.39 is 0 Å². The van der Waals surface area contributed by atoms with Gasteiger partial charge < -0.3 is 15.4 Å². The fourth-order valence-corrected chi connectivity index (χ4v) is 1.65. The highest BCUT2D eigenvalue weighted by molar-refractivity contribution is 5.76. The first kappa shape index (κ1) is 12.9. The maximum absolute atomic E-state index is 11.6. The lowest BCUT2D eigenvalue weighted by Crippen LogP contribution is -2.43. The second-order valence-electron chi connectivity index (χ2n) is 3.94. The van der Waals surface area contributed by atoms with Crippen LogP contribution in [0.1, 0.15) is 26.2 Å². The van der Waals surface area contributed by atoms with Gasteiger partial charge in [-0.2, -0.15) is 5.26 Å². The van der Waals surface area contributed by atoms with E-state index in [4.69, 9.17) is 10.00 Å². The van der Waals surface area contributed by atoms with Gasteiger partial charge in [-0.1, -0.05) is 6.92 Å². The number of carbonyl (C=O) groups is 1. The number of nitrogens with one attached hydrogen (secondary N) is 2. The number of rotatable bonds is 5. The van der Waals surface area contributed by atoms with E-state index in [0.717, 1.165) is 19.5 Å². The third-order valence-electron chi connectivity index (χ3n) is 2.61. The van der Waals surface area contributed by atoms with Crippen LogP contribution >= 0.6 is 0 Å². The van der Waals surface area contributed by atoms with E-state index in [1.807, 2.05) is 6.92 Å². The number of nitrogens with zero attached hydrogens (tertiary/aromatic N) is 1. The van der Waals surface area contributed by atoms with Crippen molar-refractivity contribution >= 4 is 5.91 Å². The molecule has 1 saturated heterocycles. The first-order valence-corrected chi connectivity index (χ1v) is 5.75. The number of amides is 1. The quantitative estimate of drug-likeness (QED) is 0.699. The first-order chi connectivity index (χ1) is 7.76. The van der Waals surface area contributed by atoms with Crippen LogP contribution in [0, 0.1) is 11.3 Å². The maximum Gasteiger partial charge on any atom is 0.222 e. The molecule has 0 aliphatic carbocycles. The molecule has 0 spiro atoms. The molecule has 0 aromatic rings. The van der Waals surface area contributed by atoms with Gasteiger partial charge in [0.05, 0.1) is 31.6 Å². The summed E-state index contributed by atoms with van der Waals surface area (Å²) in [6, 6.07) is 2.04. The number of ether oxygens (including phenoxy) is 1. The van der Waals surface area contributed by atoms with Crippen molar-refractivity contribution in [3.63, 3.8) is 0 Å². The van der Waals surface area contributed by atoms with Gasteiger partial charge in [-0.25, -0.2) is 0 Å². The molecule has 0 aromatic heterocycles. The minimum absolute atomic E-state index is 0.0317. The summed E-state index contributed by atoms with van der Waals surface area (Å²) in [5.41, 5.74) is 0. The van der Waals surface area contributed by atoms with Crippen molar-refractivity contribution in [1.29, 1.82) is 5.26 Å². The molecule has 0 radical (unpaired) electrons. The highest BCUT2D eigenvalue weighted by Gasteiger charge is 2.18. The van der Waals surface area contributed by atoms with Crippen LogP contribution in [0.15, 0.2) is 0 Å². The van der Waals surface area contributed by atoms with E-state index in [1.165, 1.54) is 0 Å². The zero-order valence-corrected chi connectivity index (χ0v) is 9.66. The first-order valence-electron chi connectivity index (χ1n) is 5.75. The van der Waals surface area contributed by atoms with Gasteiger partial charge in [0.25, 0.3) is 0 Å². The lowest BCUT2D eigenvalue weighted by molar-refractivity contribution is -0.125. The smallest absolute Gasteiger partial charge is 0.222 e. The van der Waals surface area contributed by atoms with Crippen molar-refractivity contribution in [1.82, 2.24) is 10.6 Å². The molecule has 1 aliphatic rings. The van der Waals surface area contributed by atoms with Gasteiger partial charge in [0.15, 0.2) is 0 Å². The number of hydrogen-bond donors (Lipinski definition) is 2. The highest BCUT2D eigenvalue weighted by atomic mass is 16.5. The van der Waals surface area contributed by atoms with Gasteiger partial charge in [-0.3, -0.25) is 4.79 Å². The summed E-state index contributed by atoms with van der Waals surface area (Å²) in [5, 5.41) is 14.6. The molecule has 16 heavy (non-hydrogen) atoms. The molecule has 1 aliphatic heterocycles. The third-order valence-corrected chi connectivity index (χ3v) is 2.61. The molecule has 1 rings (SSSR count). The Morgan fingerprint density at radius 2 is 2.56 bits per heavy atom. The van der Waals surface area contributed by atoms with Gasteiger partial charge in [-0.15, -0.1) is 0 Å². The lowest BCUT2D eigenvalue weighted by atomic mass is 10.1. The Kier molecular flexibility index (Phi) is 5.83. The molecule has 90 valence electrons. The summed E-state index contributed by atoms with van der Waals surface area (Å²) in [4.78, 5) is 11.6. The van der Waals surface area contributed by atoms with Crippen LogP contribution in [0.5, 0.6) is 0 Å².